The van der Waals surface area contributed by atoms with E-state index in [-0.39, 0.29) is 25.0 Å². The molecule has 2 fully saturated rings. The van der Waals surface area contributed by atoms with Crippen LogP contribution in [0.2, 0.25) is 0 Å². The van der Waals surface area contributed by atoms with Gasteiger partial charge in [0, 0.05) is 17.7 Å². The van der Waals surface area contributed by atoms with Gasteiger partial charge in [0.05, 0.1) is 17.4 Å². The highest BCUT2D eigenvalue weighted by molar-refractivity contribution is 7.92. The highest BCUT2D eigenvalue weighted by Gasteiger charge is 2.74. The highest BCUT2D eigenvalue weighted by atomic mass is 32.2. The molecule has 1 amide bonds. The van der Waals surface area contributed by atoms with Crippen molar-refractivity contribution in [1.29, 1.82) is 0 Å². The second kappa shape index (κ2) is 10.0. The molecule has 2 heterocycles. The molecule has 2 unspecified atom stereocenters. The normalized spacial score (nSPS) is 27.4. The lowest BCUT2D eigenvalue weighted by atomic mass is 9.79. The molecule has 0 spiro atoms. The second-order valence-electron chi connectivity index (χ2n) is 11.1. The first-order valence-corrected chi connectivity index (χ1v) is 14.5. The zero-order valence-corrected chi connectivity index (χ0v) is 23.0. The summed E-state index contributed by atoms with van der Waals surface area (Å²) in [6, 6.07) is 3.97. The topological polar surface area (TPSA) is 101 Å². The monoisotopic (exact) mass is 659 g/mol. The van der Waals surface area contributed by atoms with E-state index < -0.39 is 116 Å². The van der Waals surface area contributed by atoms with E-state index in [1.807, 2.05) is 0 Å². The van der Waals surface area contributed by atoms with Crippen LogP contribution in [0.5, 0.6) is 5.75 Å². The van der Waals surface area contributed by atoms with Crippen molar-refractivity contribution in [3.05, 3.63) is 59.4 Å². The number of nitrogens with zero attached hydrogens (tertiary/aromatic N) is 1. The quantitative estimate of drug-likeness (QED) is 0.343. The summed E-state index contributed by atoms with van der Waals surface area (Å²) >= 11 is 0. The maximum Gasteiger partial charge on any atom is 0.435 e. The number of ether oxygens (including phenoxy) is 1. The average molecular weight is 660 g/mol. The fraction of sp³-hybridized carbons (Fsp3) is 0.481. The van der Waals surface area contributed by atoms with Crippen LogP contribution in [0.3, 0.4) is 0 Å². The number of alkyl halides is 8. The van der Waals surface area contributed by atoms with Crippen LogP contribution >= 0.6 is 0 Å². The Balaban J connectivity index is 1.60. The number of fused-ring (bicyclic) bond motifs is 3. The fourth-order valence-electron chi connectivity index (χ4n) is 6.21. The maximum absolute atomic E-state index is 15.9. The first-order chi connectivity index (χ1) is 20.2. The largest absolute Gasteiger partial charge is 0.486 e. The predicted octanol–water partition coefficient (Wildman–Crippen LogP) is 5.37. The molecule has 2 aliphatic heterocycles. The fourth-order valence-corrected chi connectivity index (χ4v) is 8.38. The lowest BCUT2D eigenvalue weighted by molar-refractivity contribution is -0.348. The number of carboxylic acids is 1. The molecule has 2 atom stereocenters. The van der Waals surface area contributed by atoms with Gasteiger partial charge in [-0.05, 0) is 56.0 Å². The Bertz CT molecular complexity index is 1590. The standard InChI is InChI=1S/C27H22F9NO6S/c28-16-2-4-17(5-3-16)44(41,42)24-13-37(22(40)23(29)9-7-14(8-10-23)21(38)39)12-20(24)43-19-11-15(1-6-18(19)24)25(30,26(31,32)33)27(34,35)36/h1-6,11,14,20H,7-10,12-13H2,(H,38,39)/t14-,20?,23+,24?. The lowest BCUT2D eigenvalue weighted by Gasteiger charge is -2.35. The molecule has 0 radical (unpaired) electrons. The van der Waals surface area contributed by atoms with Crippen molar-refractivity contribution in [2.24, 2.45) is 5.92 Å². The number of rotatable bonds is 5. The molecule has 2 aromatic rings. The number of hydrogen-bond acceptors (Lipinski definition) is 5. The molecule has 17 heteroatoms. The Morgan fingerprint density at radius 2 is 1.50 bits per heavy atom. The van der Waals surface area contributed by atoms with E-state index in [1.54, 1.807) is 0 Å². The summed E-state index contributed by atoms with van der Waals surface area (Å²) in [7, 11) is -4.83. The van der Waals surface area contributed by atoms with E-state index in [0.29, 0.717) is 6.07 Å². The van der Waals surface area contributed by atoms with Crippen molar-refractivity contribution < 1.29 is 67.4 Å². The third kappa shape index (κ3) is 4.52. The van der Waals surface area contributed by atoms with Crippen molar-refractivity contribution >= 4 is 21.7 Å². The van der Waals surface area contributed by atoms with Gasteiger partial charge in [-0.25, -0.2) is 21.6 Å². The molecule has 0 aromatic heterocycles. The van der Waals surface area contributed by atoms with Gasteiger partial charge < -0.3 is 14.7 Å². The van der Waals surface area contributed by atoms with Gasteiger partial charge in [0.15, 0.2) is 20.3 Å². The molecule has 0 bridgehead atoms. The average Bonchev–Trinajstić information content (AvgIpc) is 3.45. The molecule has 7 nitrogen and oxygen atoms in total. The van der Waals surface area contributed by atoms with Crippen molar-refractivity contribution in [2.45, 2.75) is 65.1 Å². The van der Waals surface area contributed by atoms with Crippen molar-refractivity contribution in [3.63, 3.8) is 0 Å². The Hall–Kier alpha value is -3.50. The minimum Gasteiger partial charge on any atom is -0.486 e. The molecule has 1 saturated heterocycles. The number of aliphatic carboxylic acids is 1. The van der Waals surface area contributed by atoms with Crippen LogP contribution < -0.4 is 4.74 Å². The van der Waals surface area contributed by atoms with Gasteiger partial charge in [-0.1, -0.05) is 12.1 Å². The molecule has 1 aliphatic carbocycles. The van der Waals surface area contributed by atoms with E-state index in [1.165, 1.54) is 0 Å². The van der Waals surface area contributed by atoms with Crippen molar-refractivity contribution in [2.75, 3.05) is 13.1 Å². The van der Waals surface area contributed by atoms with Gasteiger partial charge in [0.25, 0.3) is 5.91 Å². The number of benzene rings is 2. The molecule has 3 aliphatic rings. The van der Waals surface area contributed by atoms with Crippen LogP contribution in [-0.4, -0.2) is 67.5 Å². The first kappa shape index (κ1) is 31.9. The smallest absolute Gasteiger partial charge is 0.435 e. The molecule has 5 rings (SSSR count). The summed E-state index contributed by atoms with van der Waals surface area (Å²) in [5, 5.41) is 9.20. The van der Waals surface area contributed by atoms with Gasteiger partial charge in [0.1, 0.15) is 17.7 Å². The number of carbonyl (C=O) groups excluding carboxylic acids is 1. The highest BCUT2D eigenvalue weighted by Crippen LogP contribution is 2.58. The Labute approximate surface area is 243 Å². The van der Waals surface area contributed by atoms with E-state index in [0.717, 1.165) is 29.2 Å². The summed E-state index contributed by atoms with van der Waals surface area (Å²) in [6.07, 6.45) is -16.0. The molecule has 2 aromatic carbocycles. The lowest BCUT2D eigenvalue weighted by Crippen LogP contribution is -2.50. The van der Waals surface area contributed by atoms with Crippen LogP contribution in [0.15, 0.2) is 47.4 Å². The summed E-state index contributed by atoms with van der Waals surface area (Å²) in [5.74, 6) is -4.97. The molecule has 1 saturated carbocycles. The SMILES string of the molecule is O=C(O)[C@H]1CC[C@](F)(C(=O)N2CC3Oc4cc(C(F)(C(F)(F)F)C(F)(F)F)ccc4C3(S(=O)(=O)c3ccc(F)cc3)C2)CC1. The van der Waals surface area contributed by atoms with Crippen LogP contribution in [-0.2, 0) is 29.8 Å². The van der Waals surface area contributed by atoms with Gasteiger partial charge in [-0.15, -0.1) is 0 Å². The number of sulfone groups is 1. The number of likely N-dealkylation sites (tertiary alicyclic amines) is 1. The van der Waals surface area contributed by atoms with Crippen LogP contribution in [0.4, 0.5) is 39.5 Å². The summed E-state index contributed by atoms with van der Waals surface area (Å²) in [4.78, 5) is 24.9. The Kier molecular flexibility index (Phi) is 7.26. The van der Waals surface area contributed by atoms with Gasteiger partial charge in [-0.3, -0.25) is 9.59 Å². The molecule has 240 valence electrons. The van der Waals surface area contributed by atoms with E-state index in [4.69, 9.17) is 4.74 Å². The number of carbonyl (C=O) groups is 2. The predicted molar refractivity (Wildman–Crippen MR) is 131 cm³/mol. The number of carboxylic acid groups (broad SMARTS) is 1. The van der Waals surface area contributed by atoms with Crippen molar-refractivity contribution in [3.8, 4) is 5.75 Å². The third-order valence-corrected chi connectivity index (χ3v) is 11.1. The number of amides is 1. The van der Waals surface area contributed by atoms with Crippen LogP contribution in [0.25, 0.3) is 0 Å². The first-order valence-electron chi connectivity index (χ1n) is 13.0. The summed E-state index contributed by atoms with van der Waals surface area (Å²) in [5.41, 5.74) is -10.9. The van der Waals surface area contributed by atoms with Crippen LogP contribution in [0.1, 0.15) is 36.8 Å². The maximum atomic E-state index is 15.9. The minimum absolute atomic E-state index is 0.0898. The Morgan fingerprint density at radius 3 is 2.02 bits per heavy atom. The van der Waals surface area contributed by atoms with E-state index in [9.17, 15) is 58.2 Å². The van der Waals surface area contributed by atoms with Gasteiger partial charge >= 0.3 is 24.0 Å². The second-order valence-corrected chi connectivity index (χ2v) is 13.3. The molecular formula is C27H22F9NO6S. The number of halogens is 9. The Morgan fingerprint density at radius 1 is 0.932 bits per heavy atom. The summed E-state index contributed by atoms with van der Waals surface area (Å²) in [6.45, 7) is -1.58. The van der Waals surface area contributed by atoms with Crippen LogP contribution in [0, 0.1) is 11.7 Å². The summed E-state index contributed by atoms with van der Waals surface area (Å²) < 4.78 is 156. The van der Waals surface area contributed by atoms with E-state index in [2.05, 4.69) is 0 Å². The molecule has 44 heavy (non-hydrogen) atoms. The number of hydrogen-bond donors (Lipinski definition) is 1. The zero-order chi connectivity index (χ0) is 32.7. The van der Waals surface area contributed by atoms with Gasteiger partial charge in [0.2, 0.25) is 0 Å². The zero-order valence-electron chi connectivity index (χ0n) is 22.2. The minimum atomic E-state index is -6.47. The van der Waals surface area contributed by atoms with Gasteiger partial charge in [-0.2, -0.15) is 26.3 Å². The van der Waals surface area contributed by atoms with Crippen molar-refractivity contribution in [1.82, 2.24) is 4.90 Å². The molecule has 1 N–H and O–H groups in total. The molecular weight excluding hydrogens is 637 g/mol. The van der Waals surface area contributed by atoms with E-state index >= 15 is 4.39 Å². The third-order valence-electron chi connectivity index (χ3n) is 8.62.